The van der Waals surface area contributed by atoms with Crippen LogP contribution in [-0.2, 0) is 6.54 Å². The number of halogens is 1. The van der Waals surface area contributed by atoms with E-state index < -0.39 is 0 Å². The van der Waals surface area contributed by atoms with Gasteiger partial charge in [-0.25, -0.2) is 0 Å². The molecule has 3 nitrogen and oxygen atoms in total. The molecule has 0 fully saturated rings. The Balaban J connectivity index is 1.93. The number of nitrogens with zero attached hydrogens (tertiary/aromatic N) is 1. The molecule has 0 aliphatic heterocycles. The van der Waals surface area contributed by atoms with Crippen LogP contribution in [0.5, 0.6) is 0 Å². The molecule has 0 bridgehead atoms. The van der Waals surface area contributed by atoms with Crippen LogP contribution in [0.25, 0.3) is 0 Å². The molecule has 4 heteroatoms. The molecular formula is C12H14ClN3. The number of benzene rings is 1. The van der Waals surface area contributed by atoms with Gasteiger partial charge in [-0.1, -0.05) is 23.7 Å². The zero-order chi connectivity index (χ0) is 11.4. The minimum Gasteiger partial charge on any atom is -0.305 e. The smallest absolute Gasteiger partial charge is 0.0490 e. The number of aromatic amines is 1. The van der Waals surface area contributed by atoms with Crippen LogP contribution in [0, 0.1) is 0 Å². The molecule has 0 spiro atoms. The Hall–Kier alpha value is -1.32. The lowest BCUT2D eigenvalue weighted by Crippen LogP contribution is -2.18. The van der Waals surface area contributed by atoms with Crippen molar-refractivity contribution < 1.29 is 0 Å². The van der Waals surface area contributed by atoms with Crippen molar-refractivity contribution in [1.29, 1.82) is 0 Å². The van der Waals surface area contributed by atoms with E-state index in [1.807, 2.05) is 30.3 Å². The molecule has 0 amide bonds. The summed E-state index contributed by atoms with van der Waals surface area (Å²) in [6, 6.07) is 10.1. The number of rotatable bonds is 4. The van der Waals surface area contributed by atoms with Gasteiger partial charge in [0, 0.05) is 29.5 Å². The van der Waals surface area contributed by atoms with Crippen molar-refractivity contribution in [3.63, 3.8) is 0 Å². The van der Waals surface area contributed by atoms with Crippen LogP contribution in [0.3, 0.4) is 0 Å². The Labute approximate surface area is 99.8 Å². The molecule has 2 aromatic rings. The highest BCUT2D eigenvalue weighted by Crippen LogP contribution is 2.16. The summed E-state index contributed by atoms with van der Waals surface area (Å²) in [5.74, 6) is 0. The Kier molecular flexibility index (Phi) is 3.59. The van der Waals surface area contributed by atoms with Crippen molar-refractivity contribution in [3.05, 3.63) is 52.8 Å². The first-order valence-electron chi connectivity index (χ1n) is 5.23. The molecule has 1 unspecified atom stereocenters. The first-order valence-corrected chi connectivity index (χ1v) is 5.60. The highest BCUT2D eigenvalue weighted by Gasteiger charge is 2.04. The summed E-state index contributed by atoms with van der Waals surface area (Å²) in [6.07, 6.45) is 1.75. The predicted octanol–water partition coefficient (Wildman–Crippen LogP) is 2.91. The summed E-state index contributed by atoms with van der Waals surface area (Å²) in [4.78, 5) is 0. The fourth-order valence-electron chi connectivity index (χ4n) is 1.52. The lowest BCUT2D eigenvalue weighted by Gasteiger charge is -2.13. The second-order valence-electron chi connectivity index (χ2n) is 3.74. The quantitative estimate of drug-likeness (QED) is 0.856. The van der Waals surface area contributed by atoms with Crippen LogP contribution < -0.4 is 5.32 Å². The molecule has 16 heavy (non-hydrogen) atoms. The number of aromatic nitrogens is 2. The van der Waals surface area contributed by atoms with Gasteiger partial charge in [0.15, 0.2) is 0 Å². The topological polar surface area (TPSA) is 40.7 Å². The monoisotopic (exact) mass is 235 g/mol. The molecule has 0 aliphatic carbocycles. The average Bonchev–Trinajstić information content (AvgIpc) is 2.80. The normalized spacial score (nSPS) is 12.6. The molecule has 1 aromatic heterocycles. The van der Waals surface area contributed by atoms with Crippen molar-refractivity contribution in [2.75, 3.05) is 0 Å². The van der Waals surface area contributed by atoms with Gasteiger partial charge in [0.25, 0.3) is 0 Å². The molecule has 0 radical (unpaired) electrons. The summed E-state index contributed by atoms with van der Waals surface area (Å²) in [7, 11) is 0. The van der Waals surface area contributed by atoms with E-state index in [4.69, 9.17) is 11.6 Å². The maximum absolute atomic E-state index is 5.84. The molecule has 1 aromatic carbocycles. The van der Waals surface area contributed by atoms with Gasteiger partial charge < -0.3 is 5.32 Å². The van der Waals surface area contributed by atoms with Crippen LogP contribution in [0.4, 0.5) is 0 Å². The number of H-pyrrole nitrogens is 1. The Morgan fingerprint density at radius 2 is 2.06 bits per heavy atom. The zero-order valence-electron chi connectivity index (χ0n) is 9.07. The van der Waals surface area contributed by atoms with E-state index in [1.165, 1.54) is 5.56 Å². The Morgan fingerprint density at radius 1 is 1.31 bits per heavy atom. The van der Waals surface area contributed by atoms with E-state index in [0.717, 1.165) is 17.3 Å². The Morgan fingerprint density at radius 3 is 2.69 bits per heavy atom. The minimum absolute atomic E-state index is 0.292. The lowest BCUT2D eigenvalue weighted by molar-refractivity contribution is 0.567. The maximum Gasteiger partial charge on any atom is 0.0490 e. The molecule has 2 rings (SSSR count). The van der Waals surface area contributed by atoms with Crippen molar-refractivity contribution >= 4 is 11.6 Å². The first kappa shape index (κ1) is 11.2. The summed E-state index contributed by atoms with van der Waals surface area (Å²) in [6.45, 7) is 2.91. The fraction of sp³-hybridized carbons (Fsp3) is 0.250. The molecule has 1 heterocycles. The molecule has 84 valence electrons. The van der Waals surface area contributed by atoms with Crippen LogP contribution in [-0.4, -0.2) is 10.2 Å². The van der Waals surface area contributed by atoms with E-state index in [2.05, 4.69) is 22.4 Å². The van der Waals surface area contributed by atoms with Gasteiger partial charge >= 0.3 is 0 Å². The molecule has 0 saturated carbocycles. The second-order valence-corrected chi connectivity index (χ2v) is 4.17. The predicted molar refractivity (Wildman–Crippen MR) is 65.3 cm³/mol. The summed E-state index contributed by atoms with van der Waals surface area (Å²) in [5.41, 5.74) is 2.31. The fourth-order valence-corrected chi connectivity index (χ4v) is 1.64. The van der Waals surface area contributed by atoms with Crippen molar-refractivity contribution in [1.82, 2.24) is 15.5 Å². The third-order valence-electron chi connectivity index (χ3n) is 2.53. The van der Waals surface area contributed by atoms with Crippen LogP contribution in [0.2, 0.25) is 5.02 Å². The van der Waals surface area contributed by atoms with Gasteiger partial charge in [-0.2, -0.15) is 5.10 Å². The molecule has 2 N–H and O–H groups in total. The van der Waals surface area contributed by atoms with Gasteiger partial charge in [0.1, 0.15) is 0 Å². The SMILES string of the molecule is CC(NCc1ccn[nH]1)c1ccc(Cl)cc1. The summed E-state index contributed by atoms with van der Waals surface area (Å²) < 4.78 is 0. The third kappa shape index (κ3) is 2.84. The summed E-state index contributed by atoms with van der Waals surface area (Å²) >= 11 is 5.84. The molecule has 1 atom stereocenters. The van der Waals surface area contributed by atoms with Gasteiger partial charge in [0.05, 0.1) is 0 Å². The van der Waals surface area contributed by atoms with E-state index in [9.17, 15) is 0 Å². The largest absolute Gasteiger partial charge is 0.305 e. The van der Waals surface area contributed by atoms with Crippen molar-refractivity contribution in [3.8, 4) is 0 Å². The van der Waals surface area contributed by atoms with Crippen LogP contribution in [0.15, 0.2) is 36.5 Å². The molecular weight excluding hydrogens is 222 g/mol. The van der Waals surface area contributed by atoms with E-state index >= 15 is 0 Å². The van der Waals surface area contributed by atoms with E-state index in [-0.39, 0.29) is 0 Å². The maximum atomic E-state index is 5.84. The molecule has 0 aliphatic rings. The highest BCUT2D eigenvalue weighted by atomic mass is 35.5. The van der Waals surface area contributed by atoms with Crippen molar-refractivity contribution in [2.24, 2.45) is 0 Å². The van der Waals surface area contributed by atoms with Gasteiger partial charge in [-0.05, 0) is 30.7 Å². The number of hydrogen-bond acceptors (Lipinski definition) is 2. The lowest BCUT2D eigenvalue weighted by atomic mass is 10.1. The average molecular weight is 236 g/mol. The third-order valence-corrected chi connectivity index (χ3v) is 2.78. The standard InChI is InChI=1S/C12H14ClN3/c1-9(10-2-4-11(13)5-3-10)14-8-12-6-7-15-16-12/h2-7,9,14H,8H2,1H3,(H,15,16). The summed E-state index contributed by atoms with van der Waals surface area (Å²) in [5, 5.41) is 11.0. The number of hydrogen-bond donors (Lipinski definition) is 2. The van der Waals surface area contributed by atoms with Crippen molar-refractivity contribution in [2.45, 2.75) is 19.5 Å². The second kappa shape index (κ2) is 5.14. The Bertz CT molecular complexity index is 422. The van der Waals surface area contributed by atoms with Gasteiger partial charge in [0.2, 0.25) is 0 Å². The van der Waals surface area contributed by atoms with E-state index in [1.54, 1.807) is 6.20 Å². The van der Waals surface area contributed by atoms with E-state index in [0.29, 0.717) is 6.04 Å². The van der Waals surface area contributed by atoms with Gasteiger partial charge in [-0.3, -0.25) is 5.10 Å². The molecule has 0 saturated heterocycles. The van der Waals surface area contributed by atoms with Crippen LogP contribution in [0.1, 0.15) is 24.2 Å². The highest BCUT2D eigenvalue weighted by molar-refractivity contribution is 6.30. The van der Waals surface area contributed by atoms with Crippen LogP contribution >= 0.6 is 11.6 Å². The first-order chi connectivity index (χ1) is 7.75. The minimum atomic E-state index is 0.292. The zero-order valence-corrected chi connectivity index (χ0v) is 9.83. The number of nitrogens with one attached hydrogen (secondary N) is 2. The van der Waals surface area contributed by atoms with Gasteiger partial charge in [-0.15, -0.1) is 0 Å².